The molecule has 0 radical (unpaired) electrons. The van der Waals surface area contributed by atoms with E-state index in [0.29, 0.717) is 41.7 Å². The van der Waals surface area contributed by atoms with E-state index in [4.69, 9.17) is 32.7 Å². The first-order valence-corrected chi connectivity index (χ1v) is 21.0. The lowest BCUT2D eigenvalue weighted by molar-refractivity contribution is -0.153. The summed E-state index contributed by atoms with van der Waals surface area (Å²) in [7, 11) is -1.53. The minimum absolute atomic E-state index is 0.0975. The number of rotatable bonds is 11. The fourth-order valence-electron chi connectivity index (χ4n) is 7.01. The lowest BCUT2D eigenvalue weighted by Gasteiger charge is -2.42. The zero-order valence-corrected chi connectivity index (χ0v) is 30.6. The van der Waals surface area contributed by atoms with Crippen LogP contribution in [-0.4, -0.2) is 54.9 Å². The number of esters is 1. The molecule has 2 N–H and O–H groups in total. The van der Waals surface area contributed by atoms with Crippen molar-refractivity contribution >= 4 is 43.2 Å². The van der Waals surface area contributed by atoms with Crippen LogP contribution in [0.4, 0.5) is 4.39 Å². The van der Waals surface area contributed by atoms with Crippen LogP contribution >= 0.6 is 23.2 Å². The number of halogens is 3. The zero-order valence-electron chi connectivity index (χ0n) is 28.1. The highest BCUT2D eigenvalue weighted by atomic mass is 35.5. The predicted octanol–water partition coefficient (Wildman–Crippen LogP) is 8.06. The SMILES string of the molecule is CC[C@@](O)(c1cc(F)c2c(c1)C(=O)N(C(c1ccc(Cl)cc1)[C@H](C)C(=O)OCC[Si](C)(C)C)C2(O)c1ccc(Cl)cc1)C1CCOCC1. The van der Waals surface area contributed by atoms with Gasteiger partial charge >= 0.3 is 5.97 Å². The molecule has 2 aliphatic heterocycles. The van der Waals surface area contributed by atoms with Gasteiger partial charge < -0.3 is 19.7 Å². The summed E-state index contributed by atoms with van der Waals surface area (Å²) < 4.78 is 28.0. The summed E-state index contributed by atoms with van der Waals surface area (Å²) in [5.74, 6) is -3.31. The summed E-state index contributed by atoms with van der Waals surface area (Å²) in [6, 6.07) is 15.2. The molecule has 3 aromatic rings. The van der Waals surface area contributed by atoms with E-state index in [1.54, 1.807) is 43.3 Å². The maximum absolute atomic E-state index is 16.7. The third-order valence-electron chi connectivity index (χ3n) is 9.85. The molecule has 0 aliphatic carbocycles. The van der Waals surface area contributed by atoms with Crippen LogP contribution in [0.5, 0.6) is 0 Å². The molecule has 3 aromatic carbocycles. The van der Waals surface area contributed by atoms with E-state index in [1.165, 1.54) is 29.2 Å². The van der Waals surface area contributed by atoms with Gasteiger partial charge in [-0.2, -0.15) is 0 Å². The van der Waals surface area contributed by atoms with Crippen LogP contribution in [0.1, 0.15) is 71.8 Å². The van der Waals surface area contributed by atoms with Crippen molar-refractivity contribution in [2.24, 2.45) is 11.8 Å². The number of benzene rings is 3. The first-order valence-electron chi connectivity index (χ1n) is 16.5. The minimum Gasteiger partial charge on any atom is -0.466 e. The maximum Gasteiger partial charge on any atom is 0.311 e. The second kappa shape index (κ2) is 14.2. The second-order valence-electron chi connectivity index (χ2n) is 14.2. The van der Waals surface area contributed by atoms with E-state index in [2.05, 4.69) is 19.6 Å². The Hall–Kier alpha value is -2.79. The van der Waals surface area contributed by atoms with Crippen molar-refractivity contribution in [1.29, 1.82) is 0 Å². The van der Waals surface area contributed by atoms with Crippen molar-refractivity contribution in [2.75, 3.05) is 19.8 Å². The lowest BCUT2D eigenvalue weighted by atomic mass is 9.74. The van der Waals surface area contributed by atoms with Gasteiger partial charge in [0, 0.05) is 36.9 Å². The molecule has 1 fully saturated rings. The van der Waals surface area contributed by atoms with E-state index in [0.717, 1.165) is 6.04 Å². The van der Waals surface area contributed by atoms with Crippen molar-refractivity contribution < 1.29 is 33.7 Å². The lowest BCUT2D eigenvalue weighted by Crippen LogP contribution is -2.50. The molecule has 0 spiro atoms. The Morgan fingerprint density at radius 2 is 1.67 bits per heavy atom. The van der Waals surface area contributed by atoms with Gasteiger partial charge in [-0.3, -0.25) is 14.5 Å². The molecule has 48 heavy (non-hydrogen) atoms. The third-order valence-corrected chi connectivity index (χ3v) is 12.1. The number of hydrogen-bond donors (Lipinski definition) is 2. The van der Waals surface area contributed by atoms with Crippen LogP contribution < -0.4 is 0 Å². The Morgan fingerprint density at radius 1 is 1.08 bits per heavy atom. The zero-order chi connectivity index (χ0) is 35.0. The van der Waals surface area contributed by atoms with Crippen molar-refractivity contribution in [3.8, 4) is 0 Å². The van der Waals surface area contributed by atoms with E-state index in [1.807, 2.05) is 6.92 Å². The van der Waals surface area contributed by atoms with E-state index >= 15 is 4.39 Å². The smallest absolute Gasteiger partial charge is 0.311 e. The minimum atomic E-state index is -2.36. The van der Waals surface area contributed by atoms with E-state index in [9.17, 15) is 19.8 Å². The first-order chi connectivity index (χ1) is 22.6. The molecular weight excluding hydrogens is 672 g/mol. The fraction of sp³-hybridized carbons (Fsp3) is 0.459. The molecule has 2 heterocycles. The van der Waals surface area contributed by atoms with E-state index in [-0.39, 0.29) is 41.2 Å². The number of nitrogens with zero attached hydrogens (tertiary/aromatic N) is 1. The summed E-state index contributed by atoms with van der Waals surface area (Å²) in [5, 5.41) is 25.7. The number of aliphatic hydroxyl groups is 2. The Balaban J connectivity index is 1.69. The summed E-state index contributed by atoms with van der Waals surface area (Å²) in [4.78, 5) is 29.7. The second-order valence-corrected chi connectivity index (χ2v) is 20.7. The van der Waals surface area contributed by atoms with Gasteiger partial charge in [0.1, 0.15) is 5.82 Å². The molecule has 11 heteroatoms. The Bertz CT molecular complexity index is 1640. The van der Waals surface area contributed by atoms with Crippen molar-refractivity contribution in [2.45, 2.75) is 76.2 Å². The Kier molecular flexibility index (Phi) is 10.8. The van der Waals surface area contributed by atoms with Crippen molar-refractivity contribution in [1.82, 2.24) is 4.90 Å². The van der Waals surface area contributed by atoms with Gasteiger partial charge in [-0.05, 0) is 85.7 Å². The van der Waals surface area contributed by atoms with Crippen LogP contribution in [0.3, 0.4) is 0 Å². The summed E-state index contributed by atoms with van der Waals surface area (Å²) in [6.07, 6.45) is 1.44. The predicted molar refractivity (Wildman–Crippen MR) is 187 cm³/mol. The van der Waals surface area contributed by atoms with Gasteiger partial charge in [-0.25, -0.2) is 4.39 Å². The monoisotopic (exact) mass is 715 g/mol. The van der Waals surface area contributed by atoms with Gasteiger partial charge in [0.2, 0.25) is 0 Å². The molecule has 5 rings (SSSR count). The molecule has 1 saturated heterocycles. The molecule has 258 valence electrons. The number of hydrogen-bond acceptors (Lipinski definition) is 6. The first kappa shape index (κ1) is 36.5. The van der Waals surface area contributed by atoms with Crippen LogP contribution in [0.2, 0.25) is 35.7 Å². The molecule has 0 saturated carbocycles. The molecule has 2 unspecified atom stereocenters. The molecule has 4 atom stereocenters. The standard InChI is InChI=1S/C37H44Cl2FNO6Si/c1-6-36(44,25-15-17-46-18-16-25)27-21-30-32(31(40)22-27)37(45,26-9-13-29(39)14-10-26)41(34(30)42)33(24-7-11-28(38)12-8-24)23(2)35(43)47-19-20-48(3,4)5/h7-14,21-23,25,33,44-45H,6,15-20H2,1-5H3/t23-,33?,36-,37?/m0/s1. The molecule has 0 aromatic heterocycles. The number of carbonyl (C=O) groups is 2. The van der Waals surface area contributed by atoms with Gasteiger partial charge in [0.05, 0.1) is 35.3 Å². The van der Waals surface area contributed by atoms with Crippen LogP contribution in [-0.2, 0) is 25.6 Å². The molecular formula is C37H44Cl2FNO6Si. The third kappa shape index (κ3) is 6.95. The Labute approximate surface area is 293 Å². The molecule has 2 aliphatic rings. The highest BCUT2D eigenvalue weighted by molar-refractivity contribution is 6.76. The van der Waals surface area contributed by atoms with E-state index < -0.39 is 49.1 Å². The summed E-state index contributed by atoms with van der Waals surface area (Å²) in [6.45, 7) is 11.2. The quantitative estimate of drug-likeness (QED) is 0.154. The topological polar surface area (TPSA) is 96.3 Å². The van der Waals surface area contributed by atoms with Gasteiger partial charge in [-0.15, -0.1) is 0 Å². The number of fused-ring (bicyclic) bond motifs is 1. The van der Waals surface area contributed by atoms with Gasteiger partial charge in [0.15, 0.2) is 5.72 Å². The van der Waals surface area contributed by atoms with Crippen LogP contribution in [0, 0.1) is 17.7 Å². The van der Waals surface area contributed by atoms with Gasteiger partial charge in [0.25, 0.3) is 5.91 Å². The van der Waals surface area contributed by atoms with Crippen molar-refractivity contribution in [3.05, 3.63) is 104 Å². The number of carbonyl (C=O) groups excluding carboxylic acids is 2. The van der Waals surface area contributed by atoms with Crippen molar-refractivity contribution in [3.63, 3.8) is 0 Å². The number of amides is 1. The summed E-state index contributed by atoms with van der Waals surface area (Å²) >= 11 is 12.5. The normalized spacial score (nSPS) is 21.0. The molecule has 1 amide bonds. The van der Waals surface area contributed by atoms with Crippen LogP contribution in [0.25, 0.3) is 0 Å². The highest BCUT2D eigenvalue weighted by Gasteiger charge is 2.57. The van der Waals surface area contributed by atoms with Gasteiger partial charge in [-0.1, -0.05) is 74.0 Å². The van der Waals surface area contributed by atoms with Crippen LogP contribution in [0.15, 0.2) is 60.7 Å². The average Bonchev–Trinajstić information content (AvgIpc) is 3.28. The molecule has 7 nitrogen and oxygen atoms in total. The Morgan fingerprint density at radius 3 is 2.23 bits per heavy atom. The number of ether oxygens (including phenoxy) is 2. The maximum atomic E-state index is 16.7. The largest absolute Gasteiger partial charge is 0.466 e. The molecule has 0 bridgehead atoms. The average molecular weight is 717 g/mol. The summed E-state index contributed by atoms with van der Waals surface area (Å²) in [5.41, 5.74) is -3.23. The highest BCUT2D eigenvalue weighted by Crippen LogP contribution is 2.51. The fourth-order valence-corrected chi connectivity index (χ4v) is 7.98.